The molecule has 19 heavy (non-hydrogen) atoms. The van der Waals surface area contributed by atoms with Gasteiger partial charge in [0, 0.05) is 7.05 Å². The maximum atomic E-state index is 11.9. The lowest BCUT2D eigenvalue weighted by Gasteiger charge is -2.14. The number of carbonyl (C=O) groups excluding carboxylic acids is 1. The molecule has 2 aromatic rings. The molecule has 0 saturated carbocycles. The van der Waals surface area contributed by atoms with Gasteiger partial charge in [-0.15, -0.1) is 10.2 Å². The van der Waals surface area contributed by atoms with E-state index in [0.29, 0.717) is 5.16 Å². The summed E-state index contributed by atoms with van der Waals surface area (Å²) in [5.41, 5.74) is 3.06. The Morgan fingerprint density at radius 3 is 2.58 bits per heavy atom. The van der Waals surface area contributed by atoms with Crippen LogP contribution in [0, 0.1) is 6.92 Å². The number of nitrogens with one attached hydrogen (secondary N) is 1. The molecule has 1 aromatic carbocycles. The average Bonchev–Trinajstić information content (AvgIpc) is 2.76. The summed E-state index contributed by atoms with van der Waals surface area (Å²) in [5, 5.41) is 8.26. The summed E-state index contributed by atoms with van der Waals surface area (Å²) >= 11 is 1.32. The molecule has 7 heteroatoms. The fourth-order valence-corrected chi connectivity index (χ4v) is 2.63. The van der Waals surface area contributed by atoms with Crippen molar-refractivity contribution in [1.82, 2.24) is 20.2 Å². The molecule has 1 heterocycles. The van der Waals surface area contributed by atoms with Gasteiger partial charge in [0.05, 0.1) is 0 Å². The number of aromatic nitrogens is 3. The van der Waals surface area contributed by atoms with Crippen LogP contribution in [0.1, 0.15) is 16.6 Å². The predicted molar refractivity (Wildman–Crippen MR) is 73.1 cm³/mol. The quantitative estimate of drug-likeness (QED) is 0.376. The van der Waals surface area contributed by atoms with Crippen molar-refractivity contribution in [3.05, 3.63) is 41.7 Å². The highest BCUT2D eigenvalue weighted by atomic mass is 32.2. The molecule has 1 aromatic heterocycles. The molecule has 3 N–H and O–H groups in total. The Bertz CT molecular complexity index is 569. The zero-order valence-electron chi connectivity index (χ0n) is 10.7. The standard InChI is InChI=1S/C12H15N5OS/c1-8-15-16-12(17(8)2)19-10(11(18)14-13)9-6-4-3-5-7-9/h3-7,10H,13H2,1-2H3,(H,14,18). The normalized spacial score (nSPS) is 12.2. The van der Waals surface area contributed by atoms with Gasteiger partial charge in [0.15, 0.2) is 5.16 Å². The number of nitrogens with zero attached hydrogens (tertiary/aromatic N) is 3. The van der Waals surface area contributed by atoms with Crippen molar-refractivity contribution in [2.75, 3.05) is 0 Å². The third-order valence-corrected chi connectivity index (χ3v) is 4.05. The topological polar surface area (TPSA) is 85.8 Å². The Morgan fingerprint density at radius 1 is 1.37 bits per heavy atom. The summed E-state index contributed by atoms with van der Waals surface area (Å²) < 4.78 is 1.84. The van der Waals surface area contributed by atoms with Crippen LogP contribution in [-0.4, -0.2) is 20.7 Å². The van der Waals surface area contributed by atoms with Crippen molar-refractivity contribution in [3.8, 4) is 0 Å². The first-order valence-electron chi connectivity index (χ1n) is 5.71. The summed E-state index contributed by atoms with van der Waals surface area (Å²) in [5.74, 6) is 5.78. The number of hydrogen-bond acceptors (Lipinski definition) is 5. The number of carbonyl (C=O) groups is 1. The molecule has 100 valence electrons. The van der Waals surface area contributed by atoms with Crippen molar-refractivity contribution in [2.45, 2.75) is 17.3 Å². The predicted octanol–water partition coefficient (Wildman–Crippen LogP) is 0.947. The van der Waals surface area contributed by atoms with Gasteiger partial charge in [-0.2, -0.15) is 0 Å². The van der Waals surface area contributed by atoms with Gasteiger partial charge in [0.2, 0.25) is 0 Å². The number of amides is 1. The molecule has 1 amide bonds. The Morgan fingerprint density at radius 2 is 2.05 bits per heavy atom. The van der Waals surface area contributed by atoms with E-state index in [1.165, 1.54) is 11.8 Å². The third kappa shape index (κ3) is 2.94. The SMILES string of the molecule is Cc1nnc(SC(C(=O)NN)c2ccccc2)n1C. The number of benzene rings is 1. The minimum Gasteiger partial charge on any atom is -0.309 e. The van der Waals surface area contributed by atoms with E-state index in [4.69, 9.17) is 5.84 Å². The lowest BCUT2D eigenvalue weighted by molar-refractivity contribution is -0.120. The minimum absolute atomic E-state index is 0.267. The average molecular weight is 277 g/mol. The van der Waals surface area contributed by atoms with Crippen molar-refractivity contribution in [3.63, 3.8) is 0 Å². The van der Waals surface area contributed by atoms with Crippen LogP contribution in [-0.2, 0) is 11.8 Å². The van der Waals surface area contributed by atoms with Crippen LogP contribution in [0.2, 0.25) is 0 Å². The van der Waals surface area contributed by atoms with Crippen molar-refractivity contribution < 1.29 is 4.79 Å². The number of nitrogens with two attached hydrogens (primary N) is 1. The van der Waals surface area contributed by atoms with E-state index in [2.05, 4.69) is 15.6 Å². The molecule has 0 saturated heterocycles. The largest absolute Gasteiger partial charge is 0.309 e. The zero-order chi connectivity index (χ0) is 13.8. The van der Waals surface area contributed by atoms with Gasteiger partial charge >= 0.3 is 0 Å². The third-order valence-electron chi connectivity index (χ3n) is 2.76. The van der Waals surface area contributed by atoms with Crippen LogP contribution >= 0.6 is 11.8 Å². The van der Waals surface area contributed by atoms with Crippen molar-refractivity contribution in [1.29, 1.82) is 0 Å². The monoisotopic (exact) mass is 277 g/mol. The summed E-state index contributed by atoms with van der Waals surface area (Å²) in [7, 11) is 1.86. The summed E-state index contributed by atoms with van der Waals surface area (Å²) in [4.78, 5) is 11.9. The Kier molecular flexibility index (Phi) is 4.18. The molecule has 1 atom stereocenters. The van der Waals surface area contributed by atoms with E-state index in [1.807, 2.05) is 48.9 Å². The number of hydrogen-bond donors (Lipinski definition) is 2. The van der Waals surface area contributed by atoms with E-state index < -0.39 is 5.25 Å². The molecular weight excluding hydrogens is 262 g/mol. The Hall–Kier alpha value is -1.86. The molecule has 0 fully saturated rings. The molecule has 0 radical (unpaired) electrons. The van der Waals surface area contributed by atoms with Crippen molar-refractivity contribution in [2.24, 2.45) is 12.9 Å². The molecule has 0 aliphatic carbocycles. The van der Waals surface area contributed by atoms with Gasteiger partial charge in [0.1, 0.15) is 11.1 Å². The van der Waals surface area contributed by atoms with Crippen LogP contribution in [0.25, 0.3) is 0 Å². The molecule has 2 rings (SSSR count). The molecule has 0 spiro atoms. The second kappa shape index (κ2) is 5.85. The lowest BCUT2D eigenvalue weighted by atomic mass is 10.1. The maximum Gasteiger partial charge on any atom is 0.251 e. The first-order chi connectivity index (χ1) is 9.13. The molecule has 0 bridgehead atoms. The number of thioether (sulfide) groups is 1. The van der Waals surface area contributed by atoms with Gasteiger partial charge in [-0.3, -0.25) is 10.2 Å². The summed E-state index contributed by atoms with van der Waals surface area (Å²) in [6.45, 7) is 1.86. The highest BCUT2D eigenvalue weighted by molar-refractivity contribution is 8.00. The molecule has 1 unspecified atom stereocenters. The van der Waals surface area contributed by atoms with Crippen molar-refractivity contribution >= 4 is 17.7 Å². The second-order valence-corrected chi connectivity index (χ2v) is 5.08. The summed E-state index contributed by atoms with van der Waals surface area (Å²) in [6, 6.07) is 9.44. The first kappa shape index (κ1) is 13.6. The van der Waals surface area contributed by atoms with Gasteiger partial charge in [-0.25, -0.2) is 5.84 Å². The highest BCUT2D eigenvalue weighted by Crippen LogP contribution is 2.34. The minimum atomic E-state index is -0.450. The molecular formula is C12H15N5OS. The Balaban J connectivity index is 2.30. The number of aryl methyl sites for hydroxylation is 1. The van der Waals surface area contributed by atoms with Crippen LogP contribution in [0.3, 0.4) is 0 Å². The Labute approximate surface area is 115 Å². The van der Waals surface area contributed by atoms with E-state index in [0.717, 1.165) is 11.4 Å². The van der Waals surface area contributed by atoms with Crippen LogP contribution in [0.5, 0.6) is 0 Å². The molecule has 0 aliphatic heterocycles. The van der Waals surface area contributed by atoms with Gasteiger partial charge in [-0.05, 0) is 12.5 Å². The second-order valence-electron chi connectivity index (χ2n) is 4.01. The summed E-state index contributed by atoms with van der Waals surface area (Å²) in [6.07, 6.45) is 0. The van der Waals surface area contributed by atoms with Crippen LogP contribution in [0.4, 0.5) is 0 Å². The number of rotatable bonds is 4. The molecule has 0 aliphatic rings. The van der Waals surface area contributed by atoms with Gasteiger partial charge in [0.25, 0.3) is 5.91 Å². The highest BCUT2D eigenvalue weighted by Gasteiger charge is 2.23. The van der Waals surface area contributed by atoms with Crippen LogP contribution in [0.15, 0.2) is 35.5 Å². The lowest BCUT2D eigenvalue weighted by Crippen LogP contribution is -2.33. The number of hydrazine groups is 1. The van der Waals surface area contributed by atoms with E-state index in [9.17, 15) is 4.79 Å². The fourth-order valence-electron chi connectivity index (χ4n) is 1.57. The fraction of sp³-hybridized carbons (Fsp3) is 0.250. The van der Waals surface area contributed by atoms with E-state index >= 15 is 0 Å². The maximum absolute atomic E-state index is 11.9. The zero-order valence-corrected chi connectivity index (χ0v) is 11.5. The van der Waals surface area contributed by atoms with Gasteiger partial charge < -0.3 is 4.57 Å². The van der Waals surface area contributed by atoms with Gasteiger partial charge in [-0.1, -0.05) is 42.1 Å². The first-order valence-corrected chi connectivity index (χ1v) is 6.59. The van der Waals surface area contributed by atoms with Crippen LogP contribution < -0.4 is 11.3 Å². The smallest absolute Gasteiger partial charge is 0.251 e. The van der Waals surface area contributed by atoms with E-state index in [-0.39, 0.29) is 5.91 Å². The van der Waals surface area contributed by atoms with E-state index in [1.54, 1.807) is 0 Å². The molecule has 6 nitrogen and oxygen atoms in total.